The van der Waals surface area contributed by atoms with Crippen LogP contribution in [0.2, 0.25) is 0 Å². The van der Waals surface area contributed by atoms with Crippen molar-refractivity contribution in [1.82, 2.24) is 0 Å². The average Bonchev–Trinajstić information content (AvgIpc) is 2.57. The molecule has 0 heterocycles. The van der Waals surface area contributed by atoms with Gasteiger partial charge in [-0.05, 0) is 30.9 Å². The second-order valence-corrected chi connectivity index (χ2v) is 4.90. The molecule has 0 aliphatic heterocycles. The molecule has 0 saturated heterocycles. The highest BCUT2D eigenvalue weighted by molar-refractivity contribution is 5.81. The van der Waals surface area contributed by atoms with Crippen LogP contribution in [0.25, 0.3) is 0 Å². The van der Waals surface area contributed by atoms with Crippen LogP contribution in [0, 0.1) is 11.7 Å². The molecule has 1 saturated carbocycles. The molecule has 0 spiro atoms. The van der Waals surface area contributed by atoms with Crippen LogP contribution >= 0.6 is 0 Å². The number of hydrogen-bond acceptors (Lipinski definition) is 2. The molecule has 18 heavy (non-hydrogen) atoms. The predicted octanol–water partition coefficient (Wildman–Crippen LogP) is 3.53. The van der Waals surface area contributed by atoms with E-state index in [9.17, 15) is 9.18 Å². The molecule has 1 unspecified atom stereocenters. The summed E-state index contributed by atoms with van der Waals surface area (Å²) in [5, 5.41) is 0. The Morgan fingerprint density at radius 3 is 2.94 bits per heavy atom. The van der Waals surface area contributed by atoms with E-state index in [4.69, 9.17) is 4.74 Å². The fourth-order valence-corrected chi connectivity index (χ4v) is 2.58. The maximum atomic E-state index is 14.0. The molecule has 1 aliphatic rings. The zero-order valence-electron chi connectivity index (χ0n) is 10.7. The highest BCUT2D eigenvalue weighted by atomic mass is 19.1. The number of halogens is 1. The minimum Gasteiger partial charge on any atom is -0.494 e. The fourth-order valence-electron chi connectivity index (χ4n) is 2.58. The average molecular weight is 250 g/mol. The van der Waals surface area contributed by atoms with Crippen molar-refractivity contribution in [2.24, 2.45) is 5.92 Å². The summed E-state index contributed by atoms with van der Waals surface area (Å²) in [4.78, 5) is 11.9. The number of Topliss-reactive ketones (excluding diaryl/α,β-unsaturated/α-hetero) is 1. The third-order valence-electron chi connectivity index (χ3n) is 3.66. The van der Waals surface area contributed by atoms with E-state index in [2.05, 4.69) is 0 Å². The maximum absolute atomic E-state index is 14.0. The summed E-state index contributed by atoms with van der Waals surface area (Å²) in [5.41, 5.74) is 0.592. The minimum absolute atomic E-state index is 0.0193. The molecule has 1 atom stereocenters. The van der Waals surface area contributed by atoms with Crippen molar-refractivity contribution in [2.75, 3.05) is 7.11 Å². The van der Waals surface area contributed by atoms with Gasteiger partial charge in [0.1, 0.15) is 5.78 Å². The Morgan fingerprint density at radius 2 is 2.17 bits per heavy atom. The number of ketones is 1. The van der Waals surface area contributed by atoms with Gasteiger partial charge in [-0.15, -0.1) is 0 Å². The van der Waals surface area contributed by atoms with Crippen LogP contribution < -0.4 is 4.74 Å². The zero-order valence-corrected chi connectivity index (χ0v) is 10.7. The molecule has 2 nitrogen and oxygen atoms in total. The van der Waals surface area contributed by atoms with Crippen LogP contribution in [0.15, 0.2) is 18.2 Å². The Kier molecular flexibility index (Phi) is 4.34. The Bertz CT molecular complexity index is 429. The Labute approximate surface area is 107 Å². The maximum Gasteiger partial charge on any atom is 0.168 e. The van der Waals surface area contributed by atoms with Gasteiger partial charge in [-0.2, -0.15) is 0 Å². The molecule has 0 N–H and O–H groups in total. The summed E-state index contributed by atoms with van der Waals surface area (Å²) in [6.07, 6.45) is 5.20. The van der Waals surface area contributed by atoms with Crippen molar-refractivity contribution in [1.29, 1.82) is 0 Å². The lowest BCUT2D eigenvalue weighted by molar-refractivity contribution is -0.122. The zero-order chi connectivity index (χ0) is 13.0. The van der Waals surface area contributed by atoms with Crippen molar-refractivity contribution in [3.63, 3.8) is 0 Å². The second kappa shape index (κ2) is 5.98. The van der Waals surface area contributed by atoms with E-state index in [1.165, 1.54) is 7.11 Å². The SMILES string of the molecule is COc1cccc(CC2CCCCCC2=O)c1F. The monoisotopic (exact) mass is 250 g/mol. The third-order valence-corrected chi connectivity index (χ3v) is 3.66. The largest absolute Gasteiger partial charge is 0.494 e. The number of benzene rings is 1. The van der Waals surface area contributed by atoms with Gasteiger partial charge in [0.15, 0.2) is 11.6 Å². The highest BCUT2D eigenvalue weighted by Crippen LogP contribution is 2.27. The molecule has 1 fully saturated rings. The molecule has 0 amide bonds. The van der Waals surface area contributed by atoms with Crippen LogP contribution in [0.3, 0.4) is 0 Å². The van der Waals surface area contributed by atoms with Crippen LogP contribution in [-0.2, 0) is 11.2 Å². The van der Waals surface area contributed by atoms with Crippen molar-refractivity contribution in [2.45, 2.75) is 38.5 Å². The number of rotatable bonds is 3. The molecular weight excluding hydrogens is 231 g/mol. The molecule has 1 aromatic carbocycles. The van der Waals surface area contributed by atoms with Gasteiger partial charge in [0.2, 0.25) is 0 Å². The van der Waals surface area contributed by atoms with Crippen molar-refractivity contribution < 1.29 is 13.9 Å². The first-order valence-electron chi connectivity index (χ1n) is 6.56. The molecule has 1 aromatic rings. The number of carbonyl (C=O) groups is 1. The Morgan fingerprint density at radius 1 is 1.33 bits per heavy atom. The lowest BCUT2D eigenvalue weighted by atomic mass is 9.91. The number of hydrogen-bond donors (Lipinski definition) is 0. The Balaban J connectivity index is 2.15. The van der Waals surface area contributed by atoms with E-state index in [0.717, 1.165) is 25.7 Å². The minimum atomic E-state index is -0.322. The van der Waals surface area contributed by atoms with Crippen LogP contribution in [0.1, 0.15) is 37.7 Å². The van der Waals surface area contributed by atoms with Gasteiger partial charge in [-0.3, -0.25) is 4.79 Å². The van der Waals surface area contributed by atoms with Crippen molar-refractivity contribution >= 4 is 5.78 Å². The van der Waals surface area contributed by atoms with Gasteiger partial charge < -0.3 is 4.74 Å². The fraction of sp³-hybridized carbons (Fsp3) is 0.533. The first kappa shape index (κ1) is 13.1. The summed E-state index contributed by atoms with van der Waals surface area (Å²) in [5.74, 6) is 0.203. The van der Waals surface area contributed by atoms with E-state index in [1.807, 2.05) is 0 Å². The quantitative estimate of drug-likeness (QED) is 0.767. The normalized spacial score (nSPS) is 20.6. The van der Waals surface area contributed by atoms with E-state index >= 15 is 0 Å². The van der Waals surface area contributed by atoms with Gasteiger partial charge in [0, 0.05) is 12.3 Å². The first-order chi connectivity index (χ1) is 8.72. The molecular formula is C15H19FO2. The predicted molar refractivity (Wildman–Crippen MR) is 68.2 cm³/mol. The summed E-state index contributed by atoms with van der Waals surface area (Å²) in [6.45, 7) is 0. The summed E-state index contributed by atoms with van der Waals surface area (Å²) in [6, 6.07) is 5.13. The third kappa shape index (κ3) is 2.89. The number of ether oxygens (including phenoxy) is 1. The van der Waals surface area contributed by atoms with E-state index in [0.29, 0.717) is 18.4 Å². The summed E-state index contributed by atoms with van der Waals surface area (Å²) in [7, 11) is 1.46. The van der Waals surface area contributed by atoms with Crippen molar-refractivity contribution in [3.8, 4) is 5.75 Å². The summed E-state index contributed by atoms with van der Waals surface area (Å²) >= 11 is 0. The lowest BCUT2D eigenvalue weighted by Gasteiger charge is -2.14. The van der Waals surface area contributed by atoms with Crippen LogP contribution in [0.5, 0.6) is 5.75 Å². The standard InChI is InChI=1S/C15H19FO2/c1-18-14-9-5-7-12(15(14)16)10-11-6-3-2-4-8-13(11)17/h5,7,9,11H,2-4,6,8,10H2,1H3. The summed E-state index contributed by atoms with van der Waals surface area (Å²) < 4.78 is 19.0. The first-order valence-corrected chi connectivity index (χ1v) is 6.56. The van der Waals surface area contributed by atoms with Crippen LogP contribution in [0.4, 0.5) is 4.39 Å². The van der Waals surface area contributed by atoms with E-state index in [-0.39, 0.29) is 23.3 Å². The van der Waals surface area contributed by atoms with Gasteiger partial charge in [-0.1, -0.05) is 25.0 Å². The number of methoxy groups -OCH3 is 1. The molecule has 0 bridgehead atoms. The molecule has 3 heteroatoms. The van der Waals surface area contributed by atoms with E-state index < -0.39 is 0 Å². The van der Waals surface area contributed by atoms with Gasteiger partial charge in [0.25, 0.3) is 0 Å². The van der Waals surface area contributed by atoms with Gasteiger partial charge in [0.05, 0.1) is 7.11 Å². The molecule has 1 aliphatic carbocycles. The molecule has 0 radical (unpaired) electrons. The Hall–Kier alpha value is -1.38. The van der Waals surface area contributed by atoms with Crippen LogP contribution in [-0.4, -0.2) is 12.9 Å². The second-order valence-electron chi connectivity index (χ2n) is 4.90. The molecule has 98 valence electrons. The van der Waals surface area contributed by atoms with Gasteiger partial charge >= 0.3 is 0 Å². The highest BCUT2D eigenvalue weighted by Gasteiger charge is 2.22. The van der Waals surface area contributed by atoms with Gasteiger partial charge in [-0.25, -0.2) is 4.39 Å². The molecule has 2 rings (SSSR count). The topological polar surface area (TPSA) is 26.3 Å². The lowest BCUT2D eigenvalue weighted by Crippen LogP contribution is -2.16. The van der Waals surface area contributed by atoms with Crippen molar-refractivity contribution in [3.05, 3.63) is 29.6 Å². The molecule has 0 aromatic heterocycles. The smallest absolute Gasteiger partial charge is 0.168 e. The number of carbonyl (C=O) groups excluding carboxylic acids is 1. The van der Waals surface area contributed by atoms with E-state index in [1.54, 1.807) is 18.2 Å².